The molecule has 10 heteroatoms. The van der Waals surface area contributed by atoms with Crippen LogP contribution in [0.25, 0.3) is 21.9 Å². The minimum atomic E-state index is -0.494. The summed E-state index contributed by atoms with van der Waals surface area (Å²) >= 11 is 0. The lowest BCUT2D eigenvalue weighted by molar-refractivity contribution is -0.130. The molecule has 3 aromatic heterocycles. The van der Waals surface area contributed by atoms with Crippen LogP contribution in [0.1, 0.15) is 11.4 Å². The fraction of sp³-hybridized carbons (Fsp3) is 0.238. The van der Waals surface area contributed by atoms with Crippen molar-refractivity contribution in [3.8, 4) is 11.1 Å². The number of rotatable bonds is 3. The number of pyridine rings is 1. The number of carbonyl (C=O) groups excluding carboxylic acids is 1. The van der Waals surface area contributed by atoms with E-state index in [0.717, 1.165) is 23.2 Å². The third-order valence-corrected chi connectivity index (χ3v) is 5.65. The maximum absolute atomic E-state index is 14.9. The topological polar surface area (TPSA) is 118 Å². The number of nitrogen functional groups attached to an aromatic ring is 1. The number of nitrogens with two attached hydrogens (primary N) is 1. The summed E-state index contributed by atoms with van der Waals surface area (Å²) < 4.78 is 16.6. The molecule has 0 spiro atoms. The van der Waals surface area contributed by atoms with Gasteiger partial charge in [-0.25, -0.2) is 9.37 Å². The predicted molar refractivity (Wildman–Crippen MR) is 115 cm³/mol. The van der Waals surface area contributed by atoms with E-state index < -0.39 is 5.82 Å². The number of likely N-dealkylation sites (N-methyl/N-ethyl adjacent to an activating group) is 1. The molecule has 4 N–H and O–H groups in total. The lowest BCUT2D eigenvalue weighted by atomic mass is 10.0. The maximum Gasteiger partial charge on any atom is 0.244 e. The normalized spacial score (nSPS) is 14.0. The molecule has 1 amide bonds. The van der Waals surface area contributed by atoms with E-state index in [4.69, 9.17) is 5.73 Å². The van der Waals surface area contributed by atoms with Gasteiger partial charge in [0.15, 0.2) is 11.6 Å². The molecule has 0 saturated carbocycles. The second-order valence-electron chi connectivity index (χ2n) is 7.72. The van der Waals surface area contributed by atoms with Crippen LogP contribution >= 0.6 is 0 Å². The van der Waals surface area contributed by atoms with E-state index in [9.17, 15) is 9.18 Å². The fourth-order valence-electron chi connectivity index (χ4n) is 3.83. The van der Waals surface area contributed by atoms with E-state index in [1.165, 1.54) is 0 Å². The minimum absolute atomic E-state index is 0.0248. The molecule has 0 unspecified atom stereocenters. The first-order valence-electron chi connectivity index (χ1n) is 9.86. The van der Waals surface area contributed by atoms with Crippen LogP contribution < -0.4 is 11.1 Å². The number of nitrogens with one attached hydrogen (secondary N) is 2. The first-order chi connectivity index (χ1) is 14.9. The summed E-state index contributed by atoms with van der Waals surface area (Å²) in [5.74, 6) is 0.675. The van der Waals surface area contributed by atoms with Crippen LogP contribution in [0.4, 0.5) is 21.7 Å². The average Bonchev–Trinajstić information content (AvgIpc) is 3.31. The summed E-state index contributed by atoms with van der Waals surface area (Å²) in [6.07, 6.45) is 3.85. The highest BCUT2D eigenvalue weighted by Gasteiger charge is 2.20. The summed E-state index contributed by atoms with van der Waals surface area (Å²) in [5, 5.41) is 15.7. The van der Waals surface area contributed by atoms with Gasteiger partial charge in [-0.15, -0.1) is 0 Å². The number of fused-ring (bicyclic) bond motifs is 2. The Morgan fingerprint density at radius 1 is 1.19 bits per heavy atom. The maximum atomic E-state index is 14.9. The van der Waals surface area contributed by atoms with Crippen LogP contribution in [-0.4, -0.2) is 49.4 Å². The number of nitrogens with zero attached hydrogens (tertiary/aromatic N) is 5. The molecular weight excluding hydrogens is 399 g/mol. The second kappa shape index (κ2) is 7.08. The van der Waals surface area contributed by atoms with Crippen molar-refractivity contribution in [2.45, 2.75) is 19.9 Å². The van der Waals surface area contributed by atoms with Crippen molar-refractivity contribution in [1.82, 2.24) is 29.9 Å². The van der Waals surface area contributed by atoms with Gasteiger partial charge in [0.05, 0.1) is 11.9 Å². The Kier molecular flexibility index (Phi) is 4.35. The number of anilines is 3. The molecule has 0 fully saturated rings. The van der Waals surface area contributed by atoms with E-state index >= 15 is 0 Å². The number of halogens is 1. The summed E-state index contributed by atoms with van der Waals surface area (Å²) in [4.78, 5) is 18.2. The van der Waals surface area contributed by atoms with Gasteiger partial charge in [-0.05, 0) is 24.4 Å². The average molecular weight is 420 g/mol. The first kappa shape index (κ1) is 19.0. The lowest BCUT2D eigenvalue weighted by Crippen LogP contribution is -2.29. The van der Waals surface area contributed by atoms with Gasteiger partial charge >= 0.3 is 0 Å². The molecular formula is C21H21FN8O. The largest absolute Gasteiger partial charge is 0.396 e. The summed E-state index contributed by atoms with van der Waals surface area (Å²) in [6, 6.07) is 5.45. The Balaban J connectivity index is 1.50. The van der Waals surface area contributed by atoms with Gasteiger partial charge in [0, 0.05) is 60.2 Å². The Labute approximate surface area is 177 Å². The molecule has 9 nitrogen and oxygen atoms in total. The molecule has 158 valence electrons. The van der Waals surface area contributed by atoms with Crippen molar-refractivity contribution in [1.29, 1.82) is 0 Å². The van der Waals surface area contributed by atoms with E-state index in [1.54, 1.807) is 41.2 Å². The Morgan fingerprint density at radius 3 is 2.81 bits per heavy atom. The number of benzene rings is 1. The van der Waals surface area contributed by atoms with Crippen molar-refractivity contribution in [2.75, 3.05) is 24.6 Å². The monoisotopic (exact) mass is 420 g/mol. The number of carbonyl (C=O) groups is 1. The highest BCUT2D eigenvalue weighted by Crippen LogP contribution is 2.35. The Bertz CT molecular complexity index is 1320. The Hall–Kier alpha value is -3.95. The van der Waals surface area contributed by atoms with Crippen molar-refractivity contribution in [3.63, 3.8) is 0 Å². The number of aromatic amines is 1. The van der Waals surface area contributed by atoms with Crippen LogP contribution in [0.3, 0.4) is 0 Å². The third kappa shape index (κ3) is 3.25. The number of hydrogen-bond donors (Lipinski definition) is 3. The Morgan fingerprint density at radius 2 is 2.03 bits per heavy atom. The van der Waals surface area contributed by atoms with E-state index in [-0.39, 0.29) is 18.1 Å². The molecule has 0 atom stereocenters. The van der Waals surface area contributed by atoms with Gasteiger partial charge in [-0.2, -0.15) is 10.2 Å². The molecule has 1 aliphatic heterocycles. The van der Waals surface area contributed by atoms with E-state index in [2.05, 4.69) is 25.6 Å². The van der Waals surface area contributed by atoms with Gasteiger partial charge in [-0.3, -0.25) is 14.6 Å². The third-order valence-electron chi connectivity index (χ3n) is 5.65. The number of hydrogen-bond acceptors (Lipinski definition) is 6. The number of aromatic nitrogens is 5. The molecule has 0 radical (unpaired) electrons. The highest BCUT2D eigenvalue weighted by atomic mass is 19.1. The predicted octanol–water partition coefficient (Wildman–Crippen LogP) is 2.61. The number of H-pyrrole nitrogens is 1. The van der Waals surface area contributed by atoms with Crippen LogP contribution in [0.15, 0.2) is 30.6 Å². The zero-order chi connectivity index (χ0) is 21.7. The molecule has 4 aromatic rings. The molecule has 0 saturated heterocycles. The van der Waals surface area contributed by atoms with Gasteiger partial charge in [0.2, 0.25) is 5.91 Å². The van der Waals surface area contributed by atoms with Crippen LogP contribution in [0.2, 0.25) is 0 Å². The van der Waals surface area contributed by atoms with E-state index in [1.807, 2.05) is 13.0 Å². The quantitative estimate of drug-likeness (QED) is 0.439. The molecule has 4 heterocycles. The lowest BCUT2D eigenvalue weighted by Gasteiger charge is -2.12. The SMILES string of the molecule is Cc1[nH]ncc1-c1cc2cc(Nc3cc4n(n3)CC(=O)N(C)CC4)ncc2c(N)c1F. The van der Waals surface area contributed by atoms with Crippen molar-refractivity contribution >= 4 is 34.0 Å². The van der Waals surface area contributed by atoms with Gasteiger partial charge in [0.1, 0.15) is 12.4 Å². The van der Waals surface area contributed by atoms with Crippen molar-refractivity contribution in [2.24, 2.45) is 0 Å². The second-order valence-corrected chi connectivity index (χ2v) is 7.72. The van der Waals surface area contributed by atoms with Gasteiger partial charge in [-0.1, -0.05) is 0 Å². The molecule has 0 aliphatic carbocycles. The summed E-state index contributed by atoms with van der Waals surface area (Å²) in [5.41, 5.74) is 8.88. The molecule has 1 aliphatic rings. The molecule has 0 bridgehead atoms. The van der Waals surface area contributed by atoms with Gasteiger partial charge in [0.25, 0.3) is 0 Å². The van der Waals surface area contributed by atoms with Crippen LogP contribution in [0, 0.1) is 12.7 Å². The number of amides is 1. The molecule has 5 rings (SSSR count). The highest BCUT2D eigenvalue weighted by molar-refractivity contribution is 5.98. The zero-order valence-electron chi connectivity index (χ0n) is 17.1. The van der Waals surface area contributed by atoms with Crippen LogP contribution in [0.5, 0.6) is 0 Å². The van der Waals surface area contributed by atoms with Crippen molar-refractivity contribution < 1.29 is 9.18 Å². The number of aryl methyl sites for hydroxylation is 1. The molecule has 1 aromatic carbocycles. The first-order valence-corrected chi connectivity index (χ1v) is 9.86. The standard InChI is InChI=1S/C21H21FN8O/c1-11-15(9-25-27-11)14-5-12-6-17(24-8-16(12)21(23)20(14)22)26-18-7-13-3-4-29(2)19(31)10-30(13)28-18/h5-9H,3-4,10,23H2,1-2H3,(H,25,27)(H,24,26,28). The fourth-order valence-corrected chi connectivity index (χ4v) is 3.83. The summed E-state index contributed by atoms with van der Waals surface area (Å²) in [7, 11) is 1.79. The zero-order valence-corrected chi connectivity index (χ0v) is 17.1. The van der Waals surface area contributed by atoms with Crippen LogP contribution in [-0.2, 0) is 17.8 Å². The van der Waals surface area contributed by atoms with Gasteiger partial charge < -0.3 is 16.0 Å². The van der Waals surface area contributed by atoms with Crippen molar-refractivity contribution in [3.05, 3.63) is 47.8 Å². The van der Waals surface area contributed by atoms with E-state index in [0.29, 0.717) is 34.7 Å². The summed E-state index contributed by atoms with van der Waals surface area (Å²) in [6.45, 7) is 2.69. The molecule has 31 heavy (non-hydrogen) atoms. The smallest absolute Gasteiger partial charge is 0.244 e. The minimum Gasteiger partial charge on any atom is -0.396 e.